The van der Waals surface area contributed by atoms with Gasteiger partial charge in [-0.15, -0.1) is 0 Å². The Morgan fingerprint density at radius 1 is 1.19 bits per heavy atom. The fraction of sp³-hybridized carbons (Fsp3) is 0.300. The van der Waals surface area contributed by atoms with Gasteiger partial charge in [-0.05, 0) is 37.6 Å². The van der Waals surface area contributed by atoms with E-state index in [-0.39, 0.29) is 18.2 Å². The van der Waals surface area contributed by atoms with Crippen molar-refractivity contribution in [1.82, 2.24) is 9.97 Å². The van der Waals surface area contributed by atoms with Crippen molar-refractivity contribution in [3.63, 3.8) is 0 Å². The van der Waals surface area contributed by atoms with Gasteiger partial charge in [-0.1, -0.05) is 0 Å². The molecule has 27 heavy (non-hydrogen) atoms. The average Bonchev–Trinajstić information content (AvgIpc) is 2.70. The molecule has 2 rings (SSSR count). The number of pyridine rings is 2. The summed E-state index contributed by atoms with van der Waals surface area (Å²) in [4.78, 5) is 31.6. The van der Waals surface area contributed by atoms with E-state index in [4.69, 9.17) is 14.2 Å². The topological polar surface area (TPSA) is 87.6 Å². The van der Waals surface area contributed by atoms with Crippen molar-refractivity contribution >= 4 is 17.8 Å². The van der Waals surface area contributed by atoms with Crippen LogP contribution in [0.2, 0.25) is 0 Å². The van der Waals surface area contributed by atoms with Gasteiger partial charge in [-0.2, -0.15) is 0 Å². The van der Waals surface area contributed by atoms with Gasteiger partial charge in [0.1, 0.15) is 0 Å². The maximum atomic E-state index is 12.1. The van der Waals surface area contributed by atoms with Crippen molar-refractivity contribution in [3.8, 4) is 11.5 Å². The number of esters is 1. The molecule has 0 bridgehead atoms. The zero-order valence-electron chi connectivity index (χ0n) is 15.4. The molecule has 0 spiro atoms. The van der Waals surface area contributed by atoms with Crippen LogP contribution in [0, 0.1) is 0 Å². The Labute approximate surface area is 158 Å². The smallest absolute Gasteiger partial charge is 0.305 e. The Balaban J connectivity index is 1.98. The number of ether oxygens (including phenoxy) is 3. The van der Waals surface area contributed by atoms with Gasteiger partial charge in [0.25, 0.3) is 0 Å². The highest BCUT2D eigenvalue weighted by atomic mass is 16.5. The fourth-order valence-corrected chi connectivity index (χ4v) is 2.20. The van der Waals surface area contributed by atoms with Crippen molar-refractivity contribution in [1.29, 1.82) is 0 Å². The van der Waals surface area contributed by atoms with E-state index in [1.165, 1.54) is 19.4 Å². The predicted octanol–water partition coefficient (Wildman–Crippen LogP) is 3.10. The average molecular weight is 370 g/mol. The number of carbonyl (C=O) groups excluding carboxylic acids is 2. The normalized spacial score (nSPS) is 10.6. The van der Waals surface area contributed by atoms with E-state index in [0.717, 1.165) is 0 Å². The van der Waals surface area contributed by atoms with E-state index >= 15 is 0 Å². The zero-order valence-corrected chi connectivity index (χ0v) is 15.4. The van der Waals surface area contributed by atoms with Gasteiger partial charge >= 0.3 is 5.97 Å². The lowest BCUT2D eigenvalue weighted by Gasteiger charge is -2.10. The number of methoxy groups -OCH3 is 1. The lowest BCUT2D eigenvalue weighted by Crippen LogP contribution is -2.07. The molecule has 0 aromatic carbocycles. The molecule has 0 amide bonds. The molecule has 0 radical (unpaired) electrons. The van der Waals surface area contributed by atoms with Crippen molar-refractivity contribution in [2.24, 2.45) is 0 Å². The quantitative estimate of drug-likeness (QED) is 0.275. The molecular weight excluding hydrogens is 348 g/mol. The summed E-state index contributed by atoms with van der Waals surface area (Å²) >= 11 is 0. The minimum absolute atomic E-state index is 0.146. The second-order valence-corrected chi connectivity index (χ2v) is 5.45. The molecule has 7 nitrogen and oxygen atoms in total. The van der Waals surface area contributed by atoms with Crippen molar-refractivity contribution in [2.45, 2.75) is 19.8 Å². The Morgan fingerprint density at radius 2 is 1.96 bits per heavy atom. The van der Waals surface area contributed by atoms with Crippen LogP contribution in [0.15, 0.2) is 42.9 Å². The Morgan fingerprint density at radius 3 is 2.67 bits per heavy atom. The largest absolute Gasteiger partial charge is 0.491 e. The van der Waals surface area contributed by atoms with E-state index in [2.05, 4.69) is 9.97 Å². The molecule has 0 saturated heterocycles. The lowest BCUT2D eigenvalue weighted by molar-refractivity contribution is -0.143. The van der Waals surface area contributed by atoms with Crippen molar-refractivity contribution in [3.05, 3.63) is 54.1 Å². The zero-order chi connectivity index (χ0) is 19.5. The number of aromatic nitrogens is 2. The molecule has 2 aromatic heterocycles. The van der Waals surface area contributed by atoms with Crippen LogP contribution >= 0.6 is 0 Å². The molecule has 0 unspecified atom stereocenters. The number of rotatable bonds is 10. The van der Waals surface area contributed by atoms with E-state index in [9.17, 15) is 9.59 Å². The van der Waals surface area contributed by atoms with Gasteiger partial charge in [-0.25, -0.2) is 0 Å². The Hall–Kier alpha value is -3.22. The minimum Gasteiger partial charge on any atom is -0.491 e. The standard InChI is InChI=1S/C20H22N2O5/c1-3-26-20(24)5-4-12-27-18-13-16(22-14-19(18)25-2)6-7-17(23)15-8-10-21-11-9-15/h6-11,13-14H,3-5,12H2,1-2H3/b7-6+. The molecule has 0 saturated carbocycles. The number of ketones is 1. The maximum absolute atomic E-state index is 12.1. The summed E-state index contributed by atoms with van der Waals surface area (Å²) in [6.07, 6.45) is 8.51. The van der Waals surface area contributed by atoms with E-state index in [1.54, 1.807) is 43.6 Å². The third-order valence-electron chi connectivity index (χ3n) is 3.53. The first-order chi connectivity index (χ1) is 13.1. The fourth-order valence-electron chi connectivity index (χ4n) is 2.20. The number of allylic oxidation sites excluding steroid dienone is 1. The first-order valence-electron chi connectivity index (χ1n) is 8.59. The minimum atomic E-state index is -0.249. The van der Waals surface area contributed by atoms with Gasteiger partial charge in [0.2, 0.25) is 0 Å². The van der Waals surface area contributed by atoms with Crippen LogP contribution in [0.1, 0.15) is 35.8 Å². The number of hydrogen-bond donors (Lipinski definition) is 0. The summed E-state index contributed by atoms with van der Waals surface area (Å²) in [6, 6.07) is 4.97. The van der Waals surface area contributed by atoms with E-state index in [1.807, 2.05) is 0 Å². The molecule has 0 atom stereocenters. The van der Waals surface area contributed by atoms with Crippen molar-refractivity contribution in [2.75, 3.05) is 20.3 Å². The third-order valence-corrected chi connectivity index (χ3v) is 3.53. The van der Waals surface area contributed by atoms with Crippen LogP contribution in [0.5, 0.6) is 11.5 Å². The third kappa shape index (κ3) is 6.54. The van der Waals surface area contributed by atoms with Gasteiger partial charge in [0.15, 0.2) is 17.3 Å². The summed E-state index contributed by atoms with van der Waals surface area (Å²) in [5.74, 6) is 0.573. The molecule has 0 N–H and O–H groups in total. The van der Waals surface area contributed by atoms with Crippen LogP contribution < -0.4 is 9.47 Å². The van der Waals surface area contributed by atoms with Gasteiger partial charge in [0.05, 0.1) is 32.2 Å². The molecule has 0 fully saturated rings. The molecule has 142 valence electrons. The number of hydrogen-bond acceptors (Lipinski definition) is 7. The van der Waals surface area contributed by atoms with Gasteiger partial charge in [-0.3, -0.25) is 19.6 Å². The summed E-state index contributed by atoms with van der Waals surface area (Å²) < 4.78 is 15.8. The van der Waals surface area contributed by atoms with Crippen LogP contribution in [0.25, 0.3) is 6.08 Å². The summed E-state index contributed by atoms with van der Waals surface area (Å²) in [5.41, 5.74) is 1.10. The number of nitrogens with zero attached hydrogens (tertiary/aromatic N) is 2. The molecule has 0 aliphatic heterocycles. The molecule has 0 aliphatic carbocycles. The van der Waals surface area contributed by atoms with Crippen LogP contribution in [-0.2, 0) is 9.53 Å². The first kappa shape index (κ1) is 20.1. The summed E-state index contributed by atoms with van der Waals surface area (Å²) in [6.45, 7) is 2.47. The second kappa shape index (κ2) is 10.7. The molecule has 2 heterocycles. The summed E-state index contributed by atoms with van der Waals surface area (Å²) in [5, 5.41) is 0. The van der Waals surface area contributed by atoms with Gasteiger partial charge < -0.3 is 14.2 Å². The number of carbonyl (C=O) groups is 2. The Bertz CT molecular complexity index is 790. The van der Waals surface area contributed by atoms with E-state index < -0.39 is 0 Å². The highest BCUT2D eigenvalue weighted by Gasteiger charge is 2.08. The predicted molar refractivity (Wildman–Crippen MR) is 99.8 cm³/mol. The first-order valence-corrected chi connectivity index (χ1v) is 8.59. The monoisotopic (exact) mass is 370 g/mol. The van der Waals surface area contributed by atoms with Crippen LogP contribution in [0.3, 0.4) is 0 Å². The SMILES string of the molecule is CCOC(=O)CCCOc1cc(/C=C/C(=O)c2ccncc2)ncc1OC. The van der Waals surface area contributed by atoms with Crippen molar-refractivity contribution < 1.29 is 23.8 Å². The molecule has 7 heteroatoms. The van der Waals surface area contributed by atoms with Crippen LogP contribution in [0.4, 0.5) is 0 Å². The lowest BCUT2D eigenvalue weighted by atomic mass is 10.1. The molecule has 2 aromatic rings. The highest BCUT2D eigenvalue weighted by Crippen LogP contribution is 2.27. The molecular formula is C20H22N2O5. The van der Waals surface area contributed by atoms with Crippen LogP contribution in [-0.4, -0.2) is 42.0 Å². The highest BCUT2D eigenvalue weighted by molar-refractivity contribution is 6.06. The van der Waals surface area contributed by atoms with E-state index in [0.29, 0.717) is 42.4 Å². The summed E-state index contributed by atoms with van der Waals surface area (Å²) in [7, 11) is 1.52. The second-order valence-electron chi connectivity index (χ2n) is 5.45. The van der Waals surface area contributed by atoms with Gasteiger partial charge in [0, 0.05) is 30.4 Å². The Kier molecular flexibility index (Phi) is 7.96. The molecule has 0 aliphatic rings. The maximum Gasteiger partial charge on any atom is 0.305 e.